The van der Waals surface area contributed by atoms with E-state index in [0.29, 0.717) is 16.1 Å². The van der Waals surface area contributed by atoms with E-state index in [1.54, 1.807) is 32.2 Å². The van der Waals surface area contributed by atoms with Gasteiger partial charge in [-0.1, -0.05) is 12.8 Å². The number of nitrogens with zero attached hydrogens (tertiary/aromatic N) is 1. The maximum Gasteiger partial charge on any atom is 0.243 e. The minimum Gasteiger partial charge on any atom is -0.399 e. The summed E-state index contributed by atoms with van der Waals surface area (Å²) >= 11 is 0. The lowest BCUT2D eigenvalue weighted by atomic mass is 10.2. The van der Waals surface area contributed by atoms with Gasteiger partial charge in [0.25, 0.3) is 0 Å². The van der Waals surface area contributed by atoms with Crippen LogP contribution in [0.25, 0.3) is 0 Å². The summed E-state index contributed by atoms with van der Waals surface area (Å²) in [5.74, 6) is 0. The van der Waals surface area contributed by atoms with Gasteiger partial charge in [-0.15, -0.1) is 0 Å². The Labute approximate surface area is 109 Å². The molecule has 0 aliphatic heterocycles. The van der Waals surface area contributed by atoms with E-state index in [-0.39, 0.29) is 6.04 Å². The van der Waals surface area contributed by atoms with E-state index >= 15 is 0 Å². The molecule has 18 heavy (non-hydrogen) atoms. The van der Waals surface area contributed by atoms with E-state index in [0.717, 1.165) is 25.7 Å². The van der Waals surface area contributed by atoms with Crippen molar-refractivity contribution in [2.75, 3.05) is 12.8 Å². The summed E-state index contributed by atoms with van der Waals surface area (Å²) in [5.41, 5.74) is 6.96. The summed E-state index contributed by atoms with van der Waals surface area (Å²) in [6.45, 7) is 1.78. The number of benzene rings is 1. The van der Waals surface area contributed by atoms with Crippen LogP contribution in [0.4, 0.5) is 5.69 Å². The standard InChI is InChI=1S/C13H20N2O2S/c1-10-9-11(14)7-8-13(10)18(16,17)15(2)12-5-3-4-6-12/h7-9,12H,3-6,14H2,1-2H3. The zero-order valence-electron chi connectivity index (χ0n) is 10.9. The fourth-order valence-corrected chi connectivity index (χ4v) is 4.20. The van der Waals surface area contributed by atoms with Crippen LogP contribution in [0.5, 0.6) is 0 Å². The highest BCUT2D eigenvalue weighted by Crippen LogP contribution is 2.28. The Hall–Kier alpha value is -1.07. The zero-order chi connectivity index (χ0) is 13.3. The second-order valence-electron chi connectivity index (χ2n) is 4.98. The first-order valence-electron chi connectivity index (χ1n) is 6.27. The number of rotatable bonds is 3. The number of sulfonamides is 1. The Kier molecular flexibility index (Phi) is 3.64. The van der Waals surface area contributed by atoms with Crippen molar-refractivity contribution in [3.8, 4) is 0 Å². The van der Waals surface area contributed by atoms with Gasteiger partial charge >= 0.3 is 0 Å². The number of nitrogen functional groups attached to an aromatic ring is 1. The van der Waals surface area contributed by atoms with E-state index in [4.69, 9.17) is 5.73 Å². The quantitative estimate of drug-likeness (QED) is 0.854. The van der Waals surface area contributed by atoms with Crippen molar-refractivity contribution < 1.29 is 8.42 Å². The van der Waals surface area contributed by atoms with Gasteiger partial charge < -0.3 is 5.73 Å². The van der Waals surface area contributed by atoms with Crippen molar-refractivity contribution in [1.82, 2.24) is 4.31 Å². The fraction of sp³-hybridized carbons (Fsp3) is 0.538. The average Bonchev–Trinajstić information content (AvgIpc) is 2.80. The van der Waals surface area contributed by atoms with Gasteiger partial charge in [-0.3, -0.25) is 0 Å². The van der Waals surface area contributed by atoms with Crippen LogP contribution < -0.4 is 5.73 Å². The van der Waals surface area contributed by atoms with Crippen LogP contribution in [-0.2, 0) is 10.0 Å². The molecule has 0 radical (unpaired) electrons. The third-order valence-electron chi connectivity index (χ3n) is 3.69. The van der Waals surface area contributed by atoms with Gasteiger partial charge in [-0.05, 0) is 43.5 Å². The highest BCUT2D eigenvalue weighted by molar-refractivity contribution is 7.89. The number of hydrogen-bond acceptors (Lipinski definition) is 3. The molecule has 1 aliphatic rings. The highest BCUT2D eigenvalue weighted by Gasteiger charge is 2.30. The SMILES string of the molecule is Cc1cc(N)ccc1S(=O)(=O)N(C)C1CCCC1. The molecule has 0 atom stereocenters. The summed E-state index contributed by atoms with van der Waals surface area (Å²) in [6.07, 6.45) is 4.16. The molecule has 0 amide bonds. The molecule has 0 spiro atoms. The first-order chi connectivity index (χ1) is 8.43. The number of nitrogens with two attached hydrogens (primary N) is 1. The molecule has 2 N–H and O–H groups in total. The molecule has 4 nitrogen and oxygen atoms in total. The van der Waals surface area contributed by atoms with Crippen LogP contribution in [0, 0.1) is 6.92 Å². The summed E-state index contributed by atoms with van der Waals surface area (Å²) in [6, 6.07) is 5.09. The third kappa shape index (κ3) is 2.37. The van der Waals surface area contributed by atoms with Gasteiger partial charge in [0.1, 0.15) is 0 Å². The van der Waals surface area contributed by atoms with Gasteiger partial charge in [-0.25, -0.2) is 8.42 Å². The molecule has 1 aromatic rings. The van der Waals surface area contributed by atoms with Crippen LogP contribution >= 0.6 is 0 Å². The molecular weight excluding hydrogens is 248 g/mol. The van der Waals surface area contributed by atoms with Gasteiger partial charge in [0.15, 0.2) is 0 Å². The van der Waals surface area contributed by atoms with Crippen LogP contribution in [-0.4, -0.2) is 25.8 Å². The van der Waals surface area contributed by atoms with E-state index in [1.807, 2.05) is 0 Å². The molecule has 0 unspecified atom stereocenters. The molecule has 5 heteroatoms. The lowest BCUT2D eigenvalue weighted by Crippen LogP contribution is -2.35. The molecule has 0 bridgehead atoms. The summed E-state index contributed by atoms with van der Waals surface area (Å²) in [4.78, 5) is 0.367. The van der Waals surface area contributed by atoms with Crippen LogP contribution in [0.1, 0.15) is 31.2 Å². The number of aryl methyl sites for hydroxylation is 1. The van der Waals surface area contributed by atoms with Gasteiger partial charge in [0.2, 0.25) is 10.0 Å². The minimum absolute atomic E-state index is 0.145. The minimum atomic E-state index is -3.39. The molecule has 1 aromatic carbocycles. The smallest absolute Gasteiger partial charge is 0.243 e. The topological polar surface area (TPSA) is 63.4 Å². The van der Waals surface area contributed by atoms with Crippen molar-refractivity contribution in [2.45, 2.75) is 43.5 Å². The maximum absolute atomic E-state index is 12.5. The van der Waals surface area contributed by atoms with Crippen LogP contribution in [0.3, 0.4) is 0 Å². The van der Waals surface area contributed by atoms with Gasteiger partial charge in [-0.2, -0.15) is 4.31 Å². The number of hydrogen-bond donors (Lipinski definition) is 1. The predicted octanol–water partition coefficient (Wildman–Crippen LogP) is 2.14. The molecule has 100 valence electrons. The van der Waals surface area contributed by atoms with Crippen molar-refractivity contribution in [1.29, 1.82) is 0 Å². The van der Waals surface area contributed by atoms with E-state index in [9.17, 15) is 8.42 Å². The lowest BCUT2D eigenvalue weighted by molar-refractivity contribution is 0.373. The van der Waals surface area contributed by atoms with Crippen LogP contribution in [0.2, 0.25) is 0 Å². The average molecular weight is 268 g/mol. The molecule has 0 saturated heterocycles. The Bertz CT molecular complexity index is 534. The first kappa shape index (κ1) is 13.4. The molecular formula is C13H20N2O2S. The van der Waals surface area contributed by atoms with Gasteiger partial charge in [0.05, 0.1) is 4.90 Å². The van der Waals surface area contributed by atoms with E-state index in [1.165, 1.54) is 4.31 Å². The van der Waals surface area contributed by atoms with E-state index < -0.39 is 10.0 Å². The van der Waals surface area contributed by atoms with Crippen molar-refractivity contribution >= 4 is 15.7 Å². The molecule has 0 heterocycles. The van der Waals surface area contributed by atoms with Crippen molar-refractivity contribution in [3.05, 3.63) is 23.8 Å². The molecule has 0 aromatic heterocycles. The third-order valence-corrected chi connectivity index (χ3v) is 5.77. The molecule has 1 aliphatic carbocycles. The normalized spacial score (nSPS) is 17.5. The van der Waals surface area contributed by atoms with Crippen molar-refractivity contribution in [2.24, 2.45) is 0 Å². The van der Waals surface area contributed by atoms with Crippen LogP contribution in [0.15, 0.2) is 23.1 Å². The largest absolute Gasteiger partial charge is 0.399 e. The Morgan fingerprint density at radius 1 is 1.28 bits per heavy atom. The second kappa shape index (κ2) is 4.90. The van der Waals surface area contributed by atoms with Gasteiger partial charge in [0, 0.05) is 18.8 Å². The summed E-state index contributed by atoms with van der Waals surface area (Å²) in [5, 5.41) is 0. The van der Waals surface area contributed by atoms with E-state index in [2.05, 4.69) is 0 Å². The Balaban J connectivity index is 2.35. The molecule has 1 saturated carbocycles. The maximum atomic E-state index is 12.5. The summed E-state index contributed by atoms with van der Waals surface area (Å²) < 4.78 is 26.6. The predicted molar refractivity (Wildman–Crippen MR) is 72.8 cm³/mol. The Morgan fingerprint density at radius 3 is 2.44 bits per heavy atom. The zero-order valence-corrected chi connectivity index (χ0v) is 11.7. The number of anilines is 1. The summed E-state index contributed by atoms with van der Waals surface area (Å²) in [7, 11) is -1.71. The highest BCUT2D eigenvalue weighted by atomic mass is 32.2. The first-order valence-corrected chi connectivity index (χ1v) is 7.71. The lowest BCUT2D eigenvalue weighted by Gasteiger charge is -2.24. The monoisotopic (exact) mass is 268 g/mol. The fourth-order valence-electron chi connectivity index (χ4n) is 2.58. The second-order valence-corrected chi connectivity index (χ2v) is 6.95. The molecule has 2 rings (SSSR count). The Morgan fingerprint density at radius 2 is 1.89 bits per heavy atom. The molecule has 1 fully saturated rings. The van der Waals surface area contributed by atoms with Crippen molar-refractivity contribution in [3.63, 3.8) is 0 Å².